The van der Waals surface area contributed by atoms with Crippen LogP contribution in [0.1, 0.15) is 36.6 Å². The van der Waals surface area contributed by atoms with E-state index in [0.29, 0.717) is 17.4 Å². The first kappa shape index (κ1) is 21.2. The lowest BCUT2D eigenvalue weighted by molar-refractivity contribution is -0.137. The average molecular weight is 455 g/mol. The molecule has 2 aliphatic rings. The molecule has 1 aliphatic carbocycles. The van der Waals surface area contributed by atoms with E-state index in [-0.39, 0.29) is 24.6 Å². The van der Waals surface area contributed by atoms with E-state index < -0.39 is 23.6 Å². The molecule has 10 heteroatoms. The van der Waals surface area contributed by atoms with Gasteiger partial charge in [0.15, 0.2) is 5.82 Å². The first-order valence-corrected chi connectivity index (χ1v) is 10.6. The van der Waals surface area contributed by atoms with Crippen molar-refractivity contribution in [1.82, 2.24) is 15.2 Å². The highest BCUT2D eigenvalue weighted by molar-refractivity contribution is 6.03. The predicted molar refractivity (Wildman–Crippen MR) is 114 cm³/mol. The monoisotopic (exact) mass is 455 g/mol. The lowest BCUT2D eigenvalue weighted by Gasteiger charge is -2.18. The first-order chi connectivity index (χ1) is 15.8. The summed E-state index contributed by atoms with van der Waals surface area (Å²) in [7, 11) is 0. The molecule has 2 aromatic carbocycles. The zero-order valence-electron chi connectivity index (χ0n) is 17.4. The van der Waals surface area contributed by atoms with Crippen molar-refractivity contribution in [3.05, 3.63) is 59.9 Å². The van der Waals surface area contributed by atoms with E-state index >= 15 is 0 Å². The van der Waals surface area contributed by atoms with E-state index in [1.165, 1.54) is 17.0 Å². The number of amides is 2. The van der Waals surface area contributed by atoms with Crippen molar-refractivity contribution in [2.45, 2.75) is 31.4 Å². The third-order valence-corrected chi connectivity index (χ3v) is 5.84. The van der Waals surface area contributed by atoms with Crippen LogP contribution in [0.3, 0.4) is 0 Å². The first-order valence-electron chi connectivity index (χ1n) is 10.6. The number of nitrogens with zero attached hydrogens (tertiary/aromatic N) is 3. The maximum Gasteiger partial charge on any atom is 0.416 e. The number of carbonyl (C=O) groups excluding carboxylic acids is 2. The number of halogens is 3. The molecule has 0 radical (unpaired) electrons. The van der Waals surface area contributed by atoms with Gasteiger partial charge in [-0.25, -0.2) is 4.98 Å². The third-order valence-electron chi connectivity index (χ3n) is 5.84. The molecule has 1 aliphatic heterocycles. The number of carbonyl (C=O) groups is 2. The molecule has 2 N–H and O–H groups in total. The zero-order chi connectivity index (χ0) is 23.2. The molecule has 2 fully saturated rings. The van der Waals surface area contributed by atoms with Crippen LogP contribution in [0, 0.1) is 5.92 Å². The number of anilines is 2. The topological polar surface area (TPSA) is 91.0 Å². The van der Waals surface area contributed by atoms with Gasteiger partial charge in [-0.15, -0.1) is 0 Å². The minimum atomic E-state index is -4.51. The number of nitrogens with one attached hydrogen (secondary N) is 2. The SMILES string of the molecule is O=C(Nc1cccc(-c2n[nH]c(C3CC3)n2)c1)C1CC(=O)N(c2cccc(C(F)(F)F)c2)C1. The number of aromatic amines is 1. The fourth-order valence-electron chi connectivity index (χ4n) is 3.91. The Hall–Kier alpha value is -3.69. The highest BCUT2D eigenvalue weighted by atomic mass is 19.4. The second kappa shape index (κ2) is 8.02. The molecule has 170 valence electrons. The molecule has 1 saturated heterocycles. The van der Waals surface area contributed by atoms with Gasteiger partial charge < -0.3 is 10.2 Å². The van der Waals surface area contributed by atoms with Gasteiger partial charge in [0, 0.05) is 35.8 Å². The van der Waals surface area contributed by atoms with Gasteiger partial charge >= 0.3 is 6.18 Å². The molecule has 3 aromatic rings. The average Bonchev–Trinajstić information content (AvgIpc) is 3.38. The van der Waals surface area contributed by atoms with Crippen LogP contribution in [-0.2, 0) is 15.8 Å². The van der Waals surface area contributed by atoms with E-state index in [4.69, 9.17) is 0 Å². The zero-order valence-corrected chi connectivity index (χ0v) is 17.4. The molecule has 2 heterocycles. The number of H-pyrrole nitrogens is 1. The Bertz CT molecular complexity index is 1220. The maximum atomic E-state index is 13.0. The summed E-state index contributed by atoms with van der Waals surface area (Å²) in [6.45, 7) is 0.0112. The minimum absolute atomic E-state index is 0.0112. The molecular formula is C23H20F3N5O2. The van der Waals surface area contributed by atoms with Gasteiger partial charge in [0.2, 0.25) is 11.8 Å². The third kappa shape index (κ3) is 4.46. The molecule has 7 nitrogen and oxygen atoms in total. The Morgan fingerprint density at radius 3 is 2.67 bits per heavy atom. The van der Waals surface area contributed by atoms with Crippen LogP contribution in [0.25, 0.3) is 11.4 Å². The van der Waals surface area contributed by atoms with Gasteiger partial charge in [0.1, 0.15) is 5.82 Å². The molecule has 33 heavy (non-hydrogen) atoms. The summed E-state index contributed by atoms with van der Waals surface area (Å²) in [6, 6.07) is 11.6. The van der Waals surface area contributed by atoms with Crippen LogP contribution in [0.4, 0.5) is 24.5 Å². The maximum absolute atomic E-state index is 13.0. The summed E-state index contributed by atoms with van der Waals surface area (Å²) < 4.78 is 39.1. The number of benzene rings is 2. The van der Waals surface area contributed by atoms with E-state index in [2.05, 4.69) is 20.5 Å². The normalized spacial score (nSPS) is 18.6. The summed E-state index contributed by atoms with van der Waals surface area (Å²) in [4.78, 5) is 31.0. The van der Waals surface area contributed by atoms with Crippen LogP contribution in [0.15, 0.2) is 48.5 Å². The van der Waals surface area contributed by atoms with Crippen molar-refractivity contribution in [2.24, 2.45) is 5.92 Å². The smallest absolute Gasteiger partial charge is 0.326 e. The van der Waals surface area contributed by atoms with Crippen molar-refractivity contribution >= 4 is 23.2 Å². The lowest BCUT2D eigenvalue weighted by atomic mass is 10.1. The second-order valence-corrected chi connectivity index (χ2v) is 8.34. The summed E-state index contributed by atoms with van der Waals surface area (Å²) >= 11 is 0. The number of hydrogen-bond acceptors (Lipinski definition) is 4. The number of aromatic nitrogens is 3. The number of rotatable bonds is 5. The van der Waals surface area contributed by atoms with Gasteiger partial charge in [-0.05, 0) is 43.2 Å². The largest absolute Gasteiger partial charge is 0.416 e. The minimum Gasteiger partial charge on any atom is -0.326 e. The van der Waals surface area contributed by atoms with Crippen molar-refractivity contribution in [2.75, 3.05) is 16.8 Å². The molecule has 5 rings (SSSR count). The molecule has 1 saturated carbocycles. The Morgan fingerprint density at radius 1 is 1.12 bits per heavy atom. The van der Waals surface area contributed by atoms with Crippen molar-refractivity contribution in [3.8, 4) is 11.4 Å². The number of alkyl halides is 3. The molecule has 2 amide bonds. The van der Waals surface area contributed by atoms with Gasteiger partial charge in [-0.3, -0.25) is 14.7 Å². The number of hydrogen-bond donors (Lipinski definition) is 2. The molecule has 1 unspecified atom stereocenters. The predicted octanol–water partition coefficient (Wildman–Crippen LogP) is 4.36. The van der Waals surface area contributed by atoms with Crippen molar-refractivity contribution in [3.63, 3.8) is 0 Å². The Kier molecular flexibility index (Phi) is 5.15. The molecule has 1 atom stereocenters. The van der Waals surface area contributed by atoms with Gasteiger partial charge in [0.05, 0.1) is 11.5 Å². The van der Waals surface area contributed by atoms with Crippen LogP contribution in [0.2, 0.25) is 0 Å². The van der Waals surface area contributed by atoms with Crippen LogP contribution >= 0.6 is 0 Å². The quantitative estimate of drug-likeness (QED) is 0.598. The fourth-order valence-corrected chi connectivity index (χ4v) is 3.91. The molecular weight excluding hydrogens is 435 g/mol. The molecule has 1 aromatic heterocycles. The van der Waals surface area contributed by atoms with E-state index in [1.807, 2.05) is 6.07 Å². The summed E-state index contributed by atoms with van der Waals surface area (Å²) in [5, 5.41) is 9.99. The summed E-state index contributed by atoms with van der Waals surface area (Å²) in [5.41, 5.74) is 0.557. The van der Waals surface area contributed by atoms with Gasteiger partial charge in [-0.2, -0.15) is 18.3 Å². The fraction of sp³-hybridized carbons (Fsp3) is 0.304. The second-order valence-electron chi connectivity index (χ2n) is 8.34. The van der Waals surface area contributed by atoms with Gasteiger partial charge in [-0.1, -0.05) is 18.2 Å². The van der Waals surface area contributed by atoms with E-state index in [0.717, 1.165) is 36.4 Å². The molecule has 0 spiro atoms. The summed E-state index contributed by atoms with van der Waals surface area (Å²) in [5.74, 6) is 0.396. The van der Waals surface area contributed by atoms with Crippen molar-refractivity contribution in [1.29, 1.82) is 0 Å². The van der Waals surface area contributed by atoms with Crippen LogP contribution < -0.4 is 10.2 Å². The highest BCUT2D eigenvalue weighted by Crippen LogP contribution is 2.38. The Morgan fingerprint density at radius 2 is 1.91 bits per heavy atom. The van der Waals surface area contributed by atoms with E-state index in [1.54, 1.807) is 18.2 Å². The van der Waals surface area contributed by atoms with Crippen LogP contribution in [-0.4, -0.2) is 33.5 Å². The lowest BCUT2D eigenvalue weighted by Crippen LogP contribution is -2.28. The highest BCUT2D eigenvalue weighted by Gasteiger charge is 2.37. The van der Waals surface area contributed by atoms with Gasteiger partial charge in [0.25, 0.3) is 0 Å². The van der Waals surface area contributed by atoms with E-state index in [9.17, 15) is 22.8 Å². The Labute approximate surface area is 187 Å². The van der Waals surface area contributed by atoms with Crippen LogP contribution in [0.5, 0.6) is 0 Å². The summed E-state index contributed by atoms with van der Waals surface area (Å²) in [6.07, 6.45) is -2.39. The van der Waals surface area contributed by atoms with Crippen molar-refractivity contribution < 1.29 is 22.8 Å². The Balaban J connectivity index is 1.27. The standard InChI is InChI=1S/C23H20F3N5O2/c24-23(25,26)16-4-2-6-18(11-16)31-12-15(10-19(31)32)22(33)27-17-5-1-3-14(9-17)21-28-20(29-30-21)13-7-8-13/h1-6,9,11,13,15H,7-8,10,12H2,(H,27,33)(H,28,29,30). The molecule has 0 bridgehead atoms.